The van der Waals surface area contributed by atoms with Crippen molar-refractivity contribution < 1.29 is 9.59 Å². The second kappa shape index (κ2) is 2.89. The van der Waals surface area contributed by atoms with E-state index < -0.39 is 23.9 Å². The Hall–Kier alpha value is -2.08. The second-order valence-electron chi connectivity index (χ2n) is 2.16. The van der Waals surface area contributed by atoms with E-state index in [1.54, 1.807) is 12.1 Å². The van der Waals surface area contributed by atoms with E-state index in [9.17, 15) is 9.59 Å². The van der Waals surface area contributed by atoms with Gasteiger partial charge in [0.1, 0.15) is 0 Å². The first kappa shape index (κ1) is 8.02. The zero-order valence-corrected chi connectivity index (χ0v) is 5.87. The normalized spacial score (nSPS) is 27.8. The number of rotatable bonds is 0. The molecule has 2 unspecified atom stereocenters. The van der Waals surface area contributed by atoms with Gasteiger partial charge in [-0.25, -0.2) is 0 Å². The molecule has 0 aliphatic carbocycles. The largest absolute Gasteiger partial charge is 0.329 e. The summed E-state index contributed by atoms with van der Waals surface area (Å²) in [7, 11) is 0. The second-order valence-corrected chi connectivity index (χ2v) is 2.16. The maximum atomic E-state index is 10.6. The standard InChI is InChI=1S/C6H4N4O2/c7-1-3-4(2-8)10-6(12)5(11)9-3/h3-4H,(H,9,11)(H,10,12). The van der Waals surface area contributed by atoms with Gasteiger partial charge in [0.25, 0.3) is 0 Å². The van der Waals surface area contributed by atoms with Gasteiger partial charge in [-0.1, -0.05) is 0 Å². The van der Waals surface area contributed by atoms with E-state index in [1.807, 2.05) is 0 Å². The fraction of sp³-hybridized carbons (Fsp3) is 0.333. The number of nitriles is 2. The Bertz CT molecular complexity index is 278. The number of nitrogens with one attached hydrogen (secondary N) is 2. The van der Waals surface area contributed by atoms with Crippen molar-refractivity contribution in [3.8, 4) is 12.1 Å². The number of amides is 2. The Labute approximate surface area is 67.8 Å². The predicted molar refractivity (Wildman–Crippen MR) is 35.1 cm³/mol. The quantitative estimate of drug-likeness (QED) is 0.404. The minimum atomic E-state index is -0.958. The van der Waals surface area contributed by atoms with E-state index in [2.05, 4.69) is 10.6 Å². The lowest BCUT2D eigenvalue weighted by Gasteiger charge is -2.22. The fourth-order valence-corrected chi connectivity index (χ4v) is 0.794. The molecule has 0 aromatic carbocycles. The molecule has 1 fully saturated rings. The molecule has 2 amide bonds. The molecule has 1 heterocycles. The van der Waals surface area contributed by atoms with Gasteiger partial charge in [0.2, 0.25) is 0 Å². The first-order chi connectivity index (χ1) is 5.69. The fourth-order valence-electron chi connectivity index (χ4n) is 0.794. The van der Waals surface area contributed by atoms with Crippen molar-refractivity contribution in [1.82, 2.24) is 10.6 Å². The van der Waals surface area contributed by atoms with E-state index >= 15 is 0 Å². The topological polar surface area (TPSA) is 106 Å². The smallest absolute Gasteiger partial charge is 0.310 e. The summed E-state index contributed by atoms with van der Waals surface area (Å²) in [5.41, 5.74) is 0. The van der Waals surface area contributed by atoms with Crippen molar-refractivity contribution in [3.63, 3.8) is 0 Å². The van der Waals surface area contributed by atoms with Crippen molar-refractivity contribution in [1.29, 1.82) is 10.5 Å². The zero-order chi connectivity index (χ0) is 9.14. The van der Waals surface area contributed by atoms with E-state index in [0.717, 1.165) is 0 Å². The van der Waals surface area contributed by atoms with Crippen LogP contribution in [0.25, 0.3) is 0 Å². The number of carbonyl (C=O) groups excluding carboxylic acids is 2. The third-order valence-electron chi connectivity index (χ3n) is 1.39. The molecule has 0 bridgehead atoms. The van der Waals surface area contributed by atoms with Gasteiger partial charge in [-0.2, -0.15) is 10.5 Å². The molecule has 1 rings (SSSR count). The molecule has 60 valence electrons. The molecule has 0 aromatic heterocycles. The molecule has 2 atom stereocenters. The van der Waals surface area contributed by atoms with Crippen LogP contribution in [-0.2, 0) is 9.59 Å². The van der Waals surface area contributed by atoms with Crippen LogP contribution in [0.1, 0.15) is 0 Å². The van der Waals surface area contributed by atoms with Gasteiger partial charge < -0.3 is 10.6 Å². The van der Waals surface area contributed by atoms with Crippen LogP contribution in [0.4, 0.5) is 0 Å². The first-order valence-corrected chi connectivity index (χ1v) is 3.09. The number of nitrogens with zero attached hydrogens (tertiary/aromatic N) is 2. The summed E-state index contributed by atoms with van der Waals surface area (Å²) < 4.78 is 0. The number of piperazine rings is 1. The van der Waals surface area contributed by atoms with Crippen LogP contribution in [0.3, 0.4) is 0 Å². The average Bonchev–Trinajstić information content (AvgIpc) is 2.09. The van der Waals surface area contributed by atoms with Gasteiger partial charge >= 0.3 is 11.8 Å². The summed E-state index contributed by atoms with van der Waals surface area (Å²) in [5.74, 6) is -1.76. The maximum Gasteiger partial charge on any atom is 0.310 e. The van der Waals surface area contributed by atoms with Crippen LogP contribution in [0.2, 0.25) is 0 Å². The summed E-state index contributed by atoms with van der Waals surface area (Å²) in [5, 5.41) is 21.0. The minimum Gasteiger partial charge on any atom is -0.329 e. The predicted octanol–water partition coefficient (Wildman–Crippen LogP) is -1.98. The molecule has 12 heavy (non-hydrogen) atoms. The Morgan fingerprint density at radius 3 is 1.58 bits per heavy atom. The van der Waals surface area contributed by atoms with Crippen LogP contribution in [0.5, 0.6) is 0 Å². The van der Waals surface area contributed by atoms with Crippen molar-refractivity contribution in [2.45, 2.75) is 12.1 Å². The van der Waals surface area contributed by atoms with Crippen LogP contribution < -0.4 is 10.6 Å². The summed E-state index contributed by atoms with van der Waals surface area (Å²) in [4.78, 5) is 21.3. The third kappa shape index (κ3) is 1.18. The van der Waals surface area contributed by atoms with Gasteiger partial charge in [0.05, 0.1) is 12.1 Å². The summed E-state index contributed by atoms with van der Waals surface area (Å²) >= 11 is 0. The van der Waals surface area contributed by atoms with Crippen molar-refractivity contribution in [2.75, 3.05) is 0 Å². The van der Waals surface area contributed by atoms with Crippen LogP contribution in [-0.4, -0.2) is 23.9 Å². The van der Waals surface area contributed by atoms with E-state index in [-0.39, 0.29) is 0 Å². The van der Waals surface area contributed by atoms with Crippen molar-refractivity contribution in [2.24, 2.45) is 0 Å². The summed E-state index contributed by atoms with van der Waals surface area (Å²) in [6, 6.07) is 1.46. The van der Waals surface area contributed by atoms with E-state index in [4.69, 9.17) is 10.5 Å². The molecule has 2 N–H and O–H groups in total. The van der Waals surface area contributed by atoms with Gasteiger partial charge in [-0.05, 0) is 0 Å². The highest BCUT2D eigenvalue weighted by atomic mass is 16.2. The molecule has 0 aromatic rings. The van der Waals surface area contributed by atoms with E-state index in [0.29, 0.717) is 0 Å². The molecule has 0 spiro atoms. The lowest BCUT2D eigenvalue weighted by molar-refractivity contribution is -0.141. The van der Waals surface area contributed by atoms with Gasteiger partial charge in [0.15, 0.2) is 12.1 Å². The highest BCUT2D eigenvalue weighted by molar-refractivity contribution is 6.36. The molecule has 6 nitrogen and oxygen atoms in total. The summed E-state index contributed by atoms with van der Waals surface area (Å²) in [6.45, 7) is 0. The Morgan fingerprint density at radius 2 is 1.33 bits per heavy atom. The van der Waals surface area contributed by atoms with Gasteiger partial charge in [-0.15, -0.1) is 0 Å². The highest BCUT2D eigenvalue weighted by Crippen LogP contribution is 1.96. The molecular formula is C6H4N4O2. The molecule has 1 aliphatic rings. The molecule has 0 saturated carbocycles. The van der Waals surface area contributed by atoms with Crippen LogP contribution in [0.15, 0.2) is 0 Å². The minimum absolute atomic E-state index is 0.881. The summed E-state index contributed by atoms with van der Waals surface area (Å²) in [6.07, 6.45) is 0. The van der Waals surface area contributed by atoms with Crippen molar-refractivity contribution >= 4 is 11.8 Å². The number of carbonyl (C=O) groups is 2. The number of hydrogen-bond acceptors (Lipinski definition) is 4. The average molecular weight is 164 g/mol. The van der Waals surface area contributed by atoms with E-state index in [1.165, 1.54) is 0 Å². The Balaban J connectivity index is 2.81. The Morgan fingerprint density at radius 1 is 1.00 bits per heavy atom. The van der Waals surface area contributed by atoms with Gasteiger partial charge in [-0.3, -0.25) is 9.59 Å². The molecular weight excluding hydrogens is 160 g/mol. The van der Waals surface area contributed by atoms with Crippen LogP contribution in [0, 0.1) is 22.7 Å². The first-order valence-electron chi connectivity index (χ1n) is 3.09. The molecule has 6 heteroatoms. The molecule has 0 radical (unpaired) electrons. The Kier molecular flexibility index (Phi) is 1.93. The zero-order valence-electron chi connectivity index (χ0n) is 5.87. The SMILES string of the molecule is N#CC1NC(=O)C(=O)NC1C#N. The number of hydrogen-bond donors (Lipinski definition) is 2. The van der Waals surface area contributed by atoms with Crippen LogP contribution >= 0.6 is 0 Å². The van der Waals surface area contributed by atoms with Gasteiger partial charge in [0, 0.05) is 0 Å². The monoisotopic (exact) mass is 164 g/mol. The molecule has 1 saturated heterocycles. The highest BCUT2D eigenvalue weighted by Gasteiger charge is 2.33. The molecule has 1 aliphatic heterocycles. The lowest BCUT2D eigenvalue weighted by Crippen LogP contribution is -2.60. The third-order valence-corrected chi connectivity index (χ3v) is 1.39. The van der Waals surface area contributed by atoms with Crippen molar-refractivity contribution in [3.05, 3.63) is 0 Å². The lowest BCUT2D eigenvalue weighted by atomic mass is 10.1. The maximum absolute atomic E-state index is 10.6.